The van der Waals surface area contributed by atoms with Gasteiger partial charge in [0.25, 0.3) is 5.91 Å². The minimum absolute atomic E-state index is 0.0933. The van der Waals surface area contributed by atoms with Crippen LogP contribution in [-0.4, -0.2) is 24.6 Å². The second-order valence-electron chi connectivity index (χ2n) is 7.84. The molecule has 0 spiro atoms. The highest BCUT2D eigenvalue weighted by Gasteiger charge is 2.36. The fourth-order valence-corrected chi connectivity index (χ4v) is 4.97. The lowest BCUT2D eigenvalue weighted by Gasteiger charge is -2.28. The number of dihydropyridines is 1. The van der Waals surface area contributed by atoms with Crippen molar-refractivity contribution in [3.63, 3.8) is 0 Å². The third-order valence-electron chi connectivity index (χ3n) is 5.59. The lowest BCUT2D eigenvalue weighted by Crippen LogP contribution is -2.30. The van der Waals surface area contributed by atoms with Crippen LogP contribution in [0.2, 0.25) is 5.02 Å². The quantitative estimate of drug-likeness (QED) is 0.357. The molecular weight excluding hydrogens is 498 g/mol. The maximum atomic E-state index is 13.5. The summed E-state index contributed by atoms with van der Waals surface area (Å²) in [5.74, 6) is -0.223. The minimum atomic E-state index is -0.755. The van der Waals surface area contributed by atoms with Crippen LogP contribution in [-0.2, 0) is 4.79 Å². The number of nitriles is 1. The number of hydrogen-bond donors (Lipinski definition) is 2. The van der Waals surface area contributed by atoms with Gasteiger partial charge in [0.15, 0.2) is 5.78 Å². The number of methoxy groups -OCH3 is 1. The lowest BCUT2D eigenvalue weighted by molar-refractivity contribution is -0.113. The Kier molecular flexibility index (Phi) is 7.84. The van der Waals surface area contributed by atoms with Crippen molar-refractivity contribution in [2.75, 3.05) is 18.2 Å². The van der Waals surface area contributed by atoms with E-state index in [1.165, 1.54) is 25.1 Å². The van der Waals surface area contributed by atoms with Gasteiger partial charge in [-0.05, 0) is 55.5 Å². The van der Waals surface area contributed by atoms with Crippen LogP contribution in [0.5, 0.6) is 5.75 Å². The molecule has 0 aliphatic carbocycles. The van der Waals surface area contributed by atoms with E-state index in [9.17, 15) is 14.9 Å². The number of rotatable bonds is 8. The van der Waals surface area contributed by atoms with E-state index >= 15 is 0 Å². The summed E-state index contributed by atoms with van der Waals surface area (Å²) in [6.07, 6.45) is 1.49. The average molecular weight is 520 g/mol. The molecule has 2 N–H and O–H groups in total. The highest BCUT2D eigenvalue weighted by atomic mass is 35.5. The van der Waals surface area contributed by atoms with Gasteiger partial charge in [-0.15, -0.1) is 0 Å². The number of para-hydroxylation sites is 2. The Morgan fingerprint density at radius 1 is 1.17 bits per heavy atom. The number of anilines is 1. The van der Waals surface area contributed by atoms with Crippen molar-refractivity contribution in [3.8, 4) is 11.8 Å². The van der Waals surface area contributed by atoms with Crippen LogP contribution in [0.3, 0.4) is 0 Å². The first kappa shape index (κ1) is 25.2. The molecule has 3 aromatic rings. The molecule has 1 atom stereocenters. The zero-order chi connectivity index (χ0) is 25.7. The highest BCUT2D eigenvalue weighted by Crippen LogP contribution is 2.41. The van der Waals surface area contributed by atoms with E-state index in [1.807, 2.05) is 0 Å². The second kappa shape index (κ2) is 11.2. The summed E-state index contributed by atoms with van der Waals surface area (Å²) in [7, 11) is 1.52. The predicted molar refractivity (Wildman–Crippen MR) is 140 cm³/mol. The molecule has 1 aliphatic rings. The summed E-state index contributed by atoms with van der Waals surface area (Å²) in [5, 5.41) is 17.2. The van der Waals surface area contributed by atoms with Crippen molar-refractivity contribution >= 4 is 40.7 Å². The van der Waals surface area contributed by atoms with Gasteiger partial charge in [0, 0.05) is 16.3 Å². The van der Waals surface area contributed by atoms with Crippen molar-refractivity contribution in [2.45, 2.75) is 12.8 Å². The molecule has 1 aromatic heterocycles. The molecule has 4 rings (SSSR count). The number of amides is 1. The number of carbonyl (C=O) groups is 2. The fourth-order valence-electron chi connectivity index (χ4n) is 3.86. The Balaban J connectivity index is 1.64. The van der Waals surface area contributed by atoms with E-state index in [2.05, 4.69) is 16.7 Å². The Morgan fingerprint density at radius 3 is 2.58 bits per heavy atom. The molecule has 1 aliphatic heterocycles. The topological polar surface area (TPSA) is 104 Å². The smallest absolute Gasteiger partial charge is 0.254 e. The van der Waals surface area contributed by atoms with E-state index in [1.54, 1.807) is 67.6 Å². The van der Waals surface area contributed by atoms with E-state index in [0.717, 1.165) is 0 Å². The number of hydrogen-bond acceptors (Lipinski definition) is 7. The molecule has 0 saturated heterocycles. The van der Waals surface area contributed by atoms with Crippen molar-refractivity contribution in [3.05, 3.63) is 105 Å². The normalized spacial score (nSPS) is 15.2. The van der Waals surface area contributed by atoms with Crippen LogP contribution in [0.4, 0.5) is 5.69 Å². The average Bonchev–Trinajstić information content (AvgIpc) is 3.42. The van der Waals surface area contributed by atoms with Crippen molar-refractivity contribution < 1.29 is 18.7 Å². The van der Waals surface area contributed by atoms with Crippen LogP contribution in [0.25, 0.3) is 0 Å². The number of Topliss-reactive ketones (excluding diaryl/α,β-unsaturated/α-hetero) is 1. The number of allylic oxidation sites excluding steroid dienone is 2. The number of ether oxygens (including phenoxy) is 1. The van der Waals surface area contributed by atoms with Gasteiger partial charge in [-0.1, -0.05) is 35.5 Å². The van der Waals surface area contributed by atoms with E-state index in [-0.39, 0.29) is 17.1 Å². The van der Waals surface area contributed by atoms with Crippen LogP contribution < -0.4 is 15.4 Å². The minimum Gasteiger partial charge on any atom is -0.495 e. The highest BCUT2D eigenvalue weighted by molar-refractivity contribution is 8.03. The number of halogens is 1. The molecule has 2 heterocycles. The number of ketones is 1. The fraction of sp³-hybridized carbons (Fsp3) is 0.148. The summed E-state index contributed by atoms with van der Waals surface area (Å²) in [5.41, 5.74) is 2.19. The Bertz CT molecular complexity index is 1390. The summed E-state index contributed by atoms with van der Waals surface area (Å²) in [6, 6.07) is 19.4. The molecular formula is C27H22ClN3O4S. The van der Waals surface area contributed by atoms with Crippen LogP contribution in [0, 0.1) is 11.3 Å². The maximum Gasteiger partial charge on any atom is 0.254 e. The molecule has 0 fully saturated rings. The standard InChI is InChI=1S/C27H22ClN3O4S/c1-16-24(26(33)31-20-6-3-4-7-22(20)34-2)25(23-8-5-13-35-23)19(14-29)27(30-16)36-15-21(32)17-9-11-18(28)12-10-17/h3-13,25,30H,15H2,1-2H3,(H,31,33)/t25-/m0/s1. The van der Waals surface area contributed by atoms with Gasteiger partial charge in [-0.2, -0.15) is 5.26 Å². The number of thioether (sulfide) groups is 1. The number of furan rings is 1. The molecule has 0 radical (unpaired) electrons. The lowest BCUT2D eigenvalue weighted by atomic mass is 9.85. The maximum absolute atomic E-state index is 13.5. The molecule has 0 bridgehead atoms. The zero-order valence-corrected chi connectivity index (χ0v) is 21.1. The van der Waals surface area contributed by atoms with Gasteiger partial charge in [0.2, 0.25) is 0 Å². The monoisotopic (exact) mass is 519 g/mol. The zero-order valence-electron chi connectivity index (χ0n) is 19.5. The van der Waals surface area contributed by atoms with E-state index in [4.69, 9.17) is 20.8 Å². The number of benzene rings is 2. The molecule has 9 heteroatoms. The summed E-state index contributed by atoms with van der Waals surface area (Å²) >= 11 is 7.12. The first-order valence-electron chi connectivity index (χ1n) is 10.9. The molecule has 0 saturated carbocycles. The van der Waals surface area contributed by atoms with Crippen molar-refractivity contribution in [1.29, 1.82) is 5.26 Å². The first-order chi connectivity index (χ1) is 17.4. The molecule has 7 nitrogen and oxygen atoms in total. The van der Waals surface area contributed by atoms with E-state index < -0.39 is 11.8 Å². The van der Waals surface area contributed by atoms with Gasteiger partial charge >= 0.3 is 0 Å². The summed E-state index contributed by atoms with van der Waals surface area (Å²) in [6.45, 7) is 1.75. The summed E-state index contributed by atoms with van der Waals surface area (Å²) < 4.78 is 11.0. The van der Waals surface area contributed by atoms with Gasteiger partial charge in [0.1, 0.15) is 11.5 Å². The SMILES string of the molecule is COc1ccccc1NC(=O)C1=C(C)NC(SCC(=O)c2ccc(Cl)cc2)=C(C#N)[C@H]1c1ccco1. The van der Waals surface area contributed by atoms with Gasteiger partial charge < -0.3 is 19.8 Å². The van der Waals surface area contributed by atoms with Crippen LogP contribution in [0.1, 0.15) is 29.0 Å². The molecule has 182 valence electrons. The van der Waals surface area contributed by atoms with Crippen LogP contribution >= 0.6 is 23.4 Å². The Morgan fingerprint density at radius 2 is 1.92 bits per heavy atom. The predicted octanol–water partition coefficient (Wildman–Crippen LogP) is 5.89. The van der Waals surface area contributed by atoms with E-state index in [0.29, 0.717) is 44.1 Å². The van der Waals surface area contributed by atoms with Gasteiger partial charge in [-0.25, -0.2) is 0 Å². The number of carbonyl (C=O) groups excluding carboxylic acids is 2. The Hall–Kier alpha value is -3.93. The third kappa shape index (κ3) is 5.33. The third-order valence-corrected chi connectivity index (χ3v) is 6.86. The molecule has 0 unspecified atom stereocenters. The number of nitrogens with zero attached hydrogens (tertiary/aromatic N) is 1. The number of nitrogens with one attached hydrogen (secondary N) is 2. The summed E-state index contributed by atoms with van der Waals surface area (Å²) in [4.78, 5) is 26.2. The van der Waals surface area contributed by atoms with Crippen LogP contribution in [0.15, 0.2) is 93.2 Å². The largest absolute Gasteiger partial charge is 0.495 e. The molecule has 36 heavy (non-hydrogen) atoms. The van der Waals surface area contributed by atoms with Crippen molar-refractivity contribution in [1.82, 2.24) is 5.32 Å². The van der Waals surface area contributed by atoms with Gasteiger partial charge in [0.05, 0.1) is 53.0 Å². The Labute approximate surface area is 217 Å². The van der Waals surface area contributed by atoms with Crippen molar-refractivity contribution in [2.24, 2.45) is 0 Å². The first-order valence-corrected chi connectivity index (χ1v) is 12.3. The van der Waals surface area contributed by atoms with Gasteiger partial charge in [-0.3, -0.25) is 9.59 Å². The molecule has 2 aromatic carbocycles. The molecule has 1 amide bonds. The second-order valence-corrected chi connectivity index (χ2v) is 9.26.